The van der Waals surface area contributed by atoms with E-state index in [1.165, 1.54) is 6.26 Å². The van der Waals surface area contributed by atoms with Crippen LogP contribution >= 0.6 is 0 Å². The molecule has 0 radical (unpaired) electrons. The van der Waals surface area contributed by atoms with Gasteiger partial charge in [-0.1, -0.05) is 19.1 Å². The minimum absolute atomic E-state index is 0.324. The summed E-state index contributed by atoms with van der Waals surface area (Å²) in [4.78, 5) is 0.357. The molecule has 102 valence electrons. The monoisotopic (exact) mass is 271 g/mol. The summed E-state index contributed by atoms with van der Waals surface area (Å²) in [5.41, 5.74) is 1.07. The largest absolute Gasteiger partial charge is 0.383 e. The van der Waals surface area contributed by atoms with Gasteiger partial charge in [0.25, 0.3) is 0 Å². The van der Waals surface area contributed by atoms with Crippen molar-refractivity contribution in [2.45, 2.75) is 30.8 Å². The number of nitrogens with one attached hydrogen (secondary N) is 1. The molecule has 18 heavy (non-hydrogen) atoms. The maximum atomic E-state index is 11.3. The number of methoxy groups -OCH3 is 1. The second-order valence-electron chi connectivity index (χ2n) is 4.36. The maximum Gasteiger partial charge on any atom is 0.175 e. The van der Waals surface area contributed by atoms with Crippen molar-refractivity contribution in [3.8, 4) is 0 Å². The Morgan fingerprint density at radius 3 is 2.33 bits per heavy atom. The lowest BCUT2D eigenvalue weighted by atomic mass is 10.2. The summed E-state index contributed by atoms with van der Waals surface area (Å²) in [6, 6.07) is 7.28. The molecule has 0 spiro atoms. The third-order valence-corrected chi connectivity index (χ3v) is 3.94. The maximum absolute atomic E-state index is 11.3. The number of rotatable bonds is 7. The fourth-order valence-corrected chi connectivity index (χ4v) is 2.27. The van der Waals surface area contributed by atoms with Gasteiger partial charge < -0.3 is 10.1 Å². The van der Waals surface area contributed by atoms with Gasteiger partial charge in [-0.25, -0.2) is 8.42 Å². The quantitative estimate of drug-likeness (QED) is 0.818. The molecule has 0 aliphatic heterocycles. The number of ether oxygens (including phenoxy) is 1. The van der Waals surface area contributed by atoms with Gasteiger partial charge in [-0.3, -0.25) is 0 Å². The predicted molar refractivity (Wildman–Crippen MR) is 72.3 cm³/mol. The zero-order chi connectivity index (χ0) is 13.6. The number of hydrogen-bond donors (Lipinski definition) is 1. The fraction of sp³-hybridized carbons (Fsp3) is 0.538. The van der Waals surface area contributed by atoms with Crippen LogP contribution in [0.15, 0.2) is 29.2 Å². The molecule has 0 heterocycles. The highest BCUT2D eigenvalue weighted by Crippen LogP contribution is 2.10. The molecule has 0 saturated heterocycles. The fourth-order valence-electron chi connectivity index (χ4n) is 1.64. The van der Waals surface area contributed by atoms with Crippen LogP contribution in [0.4, 0.5) is 0 Å². The zero-order valence-electron chi connectivity index (χ0n) is 11.1. The highest BCUT2D eigenvalue weighted by atomic mass is 32.2. The molecule has 0 aliphatic rings. The summed E-state index contributed by atoms with van der Waals surface area (Å²) in [5.74, 6) is 0. The Labute approximate surface area is 109 Å². The Morgan fingerprint density at radius 1 is 1.28 bits per heavy atom. The van der Waals surface area contributed by atoms with Gasteiger partial charge in [-0.2, -0.15) is 0 Å². The normalized spacial score (nSPS) is 13.5. The average Bonchev–Trinajstić information content (AvgIpc) is 2.34. The second-order valence-corrected chi connectivity index (χ2v) is 6.37. The second kappa shape index (κ2) is 6.87. The molecular formula is C13H21NO3S. The summed E-state index contributed by atoms with van der Waals surface area (Å²) in [7, 11) is -1.42. The van der Waals surface area contributed by atoms with Crippen LogP contribution < -0.4 is 5.32 Å². The first-order chi connectivity index (χ1) is 8.47. The summed E-state index contributed by atoms with van der Waals surface area (Å²) in [6.45, 7) is 3.49. The Kier molecular flexibility index (Phi) is 5.78. The van der Waals surface area contributed by atoms with E-state index < -0.39 is 9.84 Å². The Balaban J connectivity index is 2.59. The minimum Gasteiger partial charge on any atom is -0.383 e. The van der Waals surface area contributed by atoms with Gasteiger partial charge in [0.2, 0.25) is 0 Å². The Bertz CT molecular complexity index is 454. The third kappa shape index (κ3) is 4.76. The van der Waals surface area contributed by atoms with Crippen LogP contribution in [0.5, 0.6) is 0 Å². The lowest BCUT2D eigenvalue weighted by Gasteiger charge is -2.15. The molecule has 0 aromatic heterocycles. The highest BCUT2D eigenvalue weighted by Gasteiger charge is 2.07. The van der Waals surface area contributed by atoms with E-state index in [9.17, 15) is 8.42 Å². The van der Waals surface area contributed by atoms with Crippen LogP contribution in [0.2, 0.25) is 0 Å². The summed E-state index contributed by atoms with van der Waals surface area (Å²) in [6.07, 6.45) is 2.21. The molecule has 1 aromatic carbocycles. The third-order valence-electron chi connectivity index (χ3n) is 2.81. The van der Waals surface area contributed by atoms with Crippen LogP contribution in [0.25, 0.3) is 0 Å². The van der Waals surface area contributed by atoms with Crippen molar-refractivity contribution >= 4 is 9.84 Å². The van der Waals surface area contributed by atoms with Crippen molar-refractivity contribution in [2.75, 3.05) is 20.0 Å². The van der Waals surface area contributed by atoms with Crippen LogP contribution in [0.3, 0.4) is 0 Å². The van der Waals surface area contributed by atoms with Crippen molar-refractivity contribution in [2.24, 2.45) is 0 Å². The van der Waals surface area contributed by atoms with Crippen molar-refractivity contribution in [3.63, 3.8) is 0 Å². The standard InChI is InChI=1S/C13H21NO3S/c1-4-12(10-17-2)14-9-11-5-7-13(8-6-11)18(3,15)16/h5-8,12,14H,4,9-10H2,1-3H3. The van der Waals surface area contributed by atoms with E-state index in [2.05, 4.69) is 12.2 Å². The lowest BCUT2D eigenvalue weighted by molar-refractivity contribution is 0.164. The Hall–Kier alpha value is -0.910. The van der Waals surface area contributed by atoms with Crippen LogP contribution in [0, 0.1) is 0 Å². The molecule has 1 atom stereocenters. The Morgan fingerprint density at radius 2 is 1.89 bits per heavy atom. The average molecular weight is 271 g/mol. The first-order valence-electron chi connectivity index (χ1n) is 5.98. The number of benzene rings is 1. The van der Waals surface area contributed by atoms with Crippen molar-refractivity contribution < 1.29 is 13.2 Å². The van der Waals surface area contributed by atoms with Gasteiger partial charge in [-0.05, 0) is 24.1 Å². The van der Waals surface area contributed by atoms with E-state index in [0.29, 0.717) is 24.1 Å². The molecule has 0 bridgehead atoms. The van der Waals surface area contributed by atoms with Gasteiger partial charge in [0.15, 0.2) is 9.84 Å². The highest BCUT2D eigenvalue weighted by molar-refractivity contribution is 7.90. The molecule has 0 amide bonds. The van der Waals surface area contributed by atoms with Crippen LogP contribution in [-0.4, -0.2) is 34.4 Å². The van der Waals surface area contributed by atoms with E-state index in [1.807, 2.05) is 12.1 Å². The van der Waals surface area contributed by atoms with E-state index >= 15 is 0 Å². The van der Waals surface area contributed by atoms with E-state index in [1.54, 1.807) is 19.2 Å². The molecule has 1 aromatic rings. The smallest absolute Gasteiger partial charge is 0.175 e. The van der Waals surface area contributed by atoms with Gasteiger partial charge >= 0.3 is 0 Å². The topological polar surface area (TPSA) is 55.4 Å². The summed E-state index contributed by atoms with van der Waals surface area (Å²) >= 11 is 0. The van der Waals surface area contributed by atoms with Crippen molar-refractivity contribution in [3.05, 3.63) is 29.8 Å². The molecule has 4 nitrogen and oxygen atoms in total. The zero-order valence-corrected chi connectivity index (χ0v) is 12.0. The molecular weight excluding hydrogens is 250 g/mol. The summed E-state index contributed by atoms with van der Waals surface area (Å²) < 4.78 is 27.7. The molecule has 1 rings (SSSR count). The van der Waals surface area contributed by atoms with Crippen LogP contribution in [-0.2, 0) is 21.1 Å². The number of sulfone groups is 1. The van der Waals surface area contributed by atoms with E-state index in [4.69, 9.17) is 4.74 Å². The summed E-state index contributed by atoms with van der Waals surface area (Å²) in [5, 5.41) is 3.37. The molecule has 0 aliphatic carbocycles. The van der Waals surface area contributed by atoms with Crippen LogP contribution in [0.1, 0.15) is 18.9 Å². The first-order valence-corrected chi connectivity index (χ1v) is 7.87. The van der Waals surface area contributed by atoms with Gasteiger partial charge in [0.1, 0.15) is 0 Å². The van der Waals surface area contributed by atoms with Gasteiger partial charge in [0.05, 0.1) is 11.5 Å². The molecule has 0 fully saturated rings. The SMILES string of the molecule is CCC(COC)NCc1ccc(S(C)(=O)=O)cc1. The first kappa shape index (κ1) is 15.1. The van der Waals surface area contributed by atoms with Gasteiger partial charge in [-0.15, -0.1) is 0 Å². The van der Waals surface area contributed by atoms with E-state index in [-0.39, 0.29) is 0 Å². The van der Waals surface area contributed by atoms with E-state index in [0.717, 1.165) is 12.0 Å². The predicted octanol–water partition coefficient (Wildman–Crippen LogP) is 1.60. The molecule has 1 unspecified atom stereocenters. The van der Waals surface area contributed by atoms with Gasteiger partial charge in [0, 0.05) is 26.0 Å². The van der Waals surface area contributed by atoms with Crippen molar-refractivity contribution in [1.82, 2.24) is 5.32 Å². The van der Waals surface area contributed by atoms with Crippen molar-refractivity contribution in [1.29, 1.82) is 0 Å². The molecule has 0 saturated carbocycles. The molecule has 1 N–H and O–H groups in total. The number of hydrogen-bond acceptors (Lipinski definition) is 4. The minimum atomic E-state index is -3.10. The lowest BCUT2D eigenvalue weighted by Crippen LogP contribution is -2.31. The molecule has 5 heteroatoms.